The first-order chi connectivity index (χ1) is 18.9. The Morgan fingerprint density at radius 3 is 2.15 bits per heavy atom. The van der Waals surface area contributed by atoms with Crippen molar-refractivity contribution in [2.75, 3.05) is 20.3 Å². The minimum Gasteiger partial charge on any atom is -0.469 e. The lowest BCUT2D eigenvalue weighted by molar-refractivity contribution is -0.156. The molecule has 2 aliphatic carbocycles. The SMILES string of the molecule is CCOC(=O)[C@]1(NC(=O)[C@H](CCCCNC(=O)OC(C)(C)C)NC(=O)OC(C)(C)C)C[C@H](O)[C@H]2[C@H](CC(=O)OC)[C@H]21. The van der Waals surface area contributed by atoms with Gasteiger partial charge in [-0.1, -0.05) is 0 Å². The van der Waals surface area contributed by atoms with E-state index in [9.17, 15) is 29.1 Å². The summed E-state index contributed by atoms with van der Waals surface area (Å²) < 4.78 is 20.6. The summed E-state index contributed by atoms with van der Waals surface area (Å²) in [6.45, 7) is 12.3. The van der Waals surface area contributed by atoms with Crippen molar-refractivity contribution < 1.29 is 48.0 Å². The van der Waals surface area contributed by atoms with E-state index in [0.717, 1.165) is 0 Å². The average Bonchev–Trinajstić information content (AvgIpc) is 3.45. The fraction of sp³-hybridized carbons (Fsp3) is 0.821. The van der Waals surface area contributed by atoms with Gasteiger partial charge in [-0.3, -0.25) is 9.59 Å². The molecular formula is C28H47N3O10. The van der Waals surface area contributed by atoms with Gasteiger partial charge >= 0.3 is 24.1 Å². The van der Waals surface area contributed by atoms with Crippen LogP contribution in [0.4, 0.5) is 9.59 Å². The zero-order chi connectivity index (χ0) is 31.2. The van der Waals surface area contributed by atoms with Crippen molar-refractivity contribution in [3.05, 3.63) is 0 Å². The van der Waals surface area contributed by atoms with Crippen molar-refractivity contribution in [3.8, 4) is 0 Å². The molecule has 2 saturated carbocycles. The molecule has 41 heavy (non-hydrogen) atoms. The molecule has 234 valence electrons. The van der Waals surface area contributed by atoms with Crippen LogP contribution in [0.3, 0.4) is 0 Å². The molecule has 4 N–H and O–H groups in total. The van der Waals surface area contributed by atoms with E-state index in [1.807, 2.05) is 0 Å². The summed E-state index contributed by atoms with van der Waals surface area (Å²) in [5.74, 6) is -3.11. The molecular weight excluding hydrogens is 538 g/mol. The normalized spacial score (nSPS) is 25.7. The molecule has 0 radical (unpaired) electrons. The number of unbranched alkanes of at least 4 members (excludes halogenated alkanes) is 1. The van der Waals surface area contributed by atoms with Gasteiger partial charge in [0.2, 0.25) is 5.91 Å². The number of amides is 3. The summed E-state index contributed by atoms with van der Waals surface area (Å²) in [6.07, 6.45) is -1.32. The van der Waals surface area contributed by atoms with Crippen molar-refractivity contribution in [3.63, 3.8) is 0 Å². The Labute approximate surface area is 241 Å². The van der Waals surface area contributed by atoms with Gasteiger partial charge in [0.1, 0.15) is 22.8 Å². The second kappa shape index (κ2) is 13.7. The Morgan fingerprint density at radius 1 is 0.976 bits per heavy atom. The van der Waals surface area contributed by atoms with E-state index in [2.05, 4.69) is 16.0 Å². The first kappa shape index (κ1) is 34.1. The Bertz CT molecular complexity index is 973. The van der Waals surface area contributed by atoms with Crippen molar-refractivity contribution in [1.29, 1.82) is 0 Å². The highest BCUT2D eigenvalue weighted by Crippen LogP contribution is 2.64. The number of carbonyl (C=O) groups is 5. The summed E-state index contributed by atoms with van der Waals surface area (Å²) >= 11 is 0. The lowest BCUT2D eigenvalue weighted by atomic mass is 9.88. The molecule has 0 bridgehead atoms. The van der Waals surface area contributed by atoms with Gasteiger partial charge in [0.25, 0.3) is 0 Å². The second-order valence-corrected chi connectivity index (χ2v) is 12.6. The van der Waals surface area contributed by atoms with Crippen molar-refractivity contribution >= 4 is 30.0 Å². The molecule has 2 rings (SSSR count). The van der Waals surface area contributed by atoms with E-state index < -0.39 is 64.8 Å². The molecule has 2 aliphatic rings. The molecule has 6 atom stereocenters. The van der Waals surface area contributed by atoms with E-state index in [0.29, 0.717) is 12.8 Å². The number of esters is 2. The maximum atomic E-state index is 13.6. The molecule has 0 aromatic heterocycles. The van der Waals surface area contributed by atoms with Crippen LogP contribution >= 0.6 is 0 Å². The topological polar surface area (TPSA) is 179 Å². The van der Waals surface area contributed by atoms with Crippen LogP contribution in [0.2, 0.25) is 0 Å². The maximum absolute atomic E-state index is 13.6. The van der Waals surface area contributed by atoms with Crippen molar-refractivity contribution in [1.82, 2.24) is 16.0 Å². The molecule has 0 heterocycles. The second-order valence-electron chi connectivity index (χ2n) is 12.6. The first-order valence-electron chi connectivity index (χ1n) is 14.1. The highest BCUT2D eigenvalue weighted by Gasteiger charge is 2.73. The highest BCUT2D eigenvalue weighted by molar-refractivity contribution is 5.93. The number of hydrogen-bond acceptors (Lipinski definition) is 10. The molecule has 3 amide bonds. The molecule has 13 heteroatoms. The van der Waals surface area contributed by atoms with E-state index >= 15 is 0 Å². The number of alkyl carbamates (subject to hydrolysis) is 2. The van der Waals surface area contributed by atoms with Gasteiger partial charge in [0, 0.05) is 25.3 Å². The third kappa shape index (κ3) is 9.75. The predicted octanol–water partition coefficient (Wildman–Crippen LogP) is 2.18. The zero-order valence-electron chi connectivity index (χ0n) is 25.5. The fourth-order valence-electron chi connectivity index (χ4n) is 5.43. The first-order valence-corrected chi connectivity index (χ1v) is 14.1. The Kier molecular flexibility index (Phi) is 11.4. The third-order valence-corrected chi connectivity index (χ3v) is 6.99. The summed E-state index contributed by atoms with van der Waals surface area (Å²) in [5, 5.41) is 18.8. The number of fused-ring (bicyclic) bond motifs is 1. The van der Waals surface area contributed by atoms with E-state index in [-0.39, 0.29) is 44.2 Å². The van der Waals surface area contributed by atoms with E-state index in [1.165, 1.54) is 7.11 Å². The standard InChI is InChI=1S/C28H47N3O10/c1-9-39-23(35)28(15-18(32)20-16(21(20)28)14-19(33)38-8)31-22(34)17(30-25(37)41-27(5,6)7)12-10-11-13-29-24(36)40-26(2,3)4/h16-18,20-21,32H,9-15H2,1-8H3,(H,29,36)(H,30,37)(H,31,34)/t16-,17-,18-,20+,21+,28-/m0/s1. The Balaban J connectivity index is 2.16. The number of nitrogens with one attached hydrogen (secondary N) is 3. The molecule has 0 unspecified atom stereocenters. The van der Waals surface area contributed by atoms with Crippen molar-refractivity contribution in [2.24, 2.45) is 17.8 Å². The minimum absolute atomic E-state index is 0.00977. The summed E-state index contributed by atoms with van der Waals surface area (Å²) in [4.78, 5) is 63.3. The zero-order valence-corrected chi connectivity index (χ0v) is 25.5. The average molecular weight is 586 g/mol. The largest absolute Gasteiger partial charge is 0.469 e. The monoisotopic (exact) mass is 585 g/mol. The van der Waals surface area contributed by atoms with Gasteiger partial charge < -0.3 is 40.0 Å². The van der Waals surface area contributed by atoms with Crippen LogP contribution in [0.25, 0.3) is 0 Å². The minimum atomic E-state index is -1.57. The molecule has 0 saturated heterocycles. The van der Waals surface area contributed by atoms with Crippen LogP contribution in [0.15, 0.2) is 0 Å². The van der Waals surface area contributed by atoms with Crippen LogP contribution < -0.4 is 16.0 Å². The van der Waals surface area contributed by atoms with E-state index in [1.54, 1.807) is 48.5 Å². The van der Waals surface area contributed by atoms with Crippen molar-refractivity contribution in [2.45, 2.75) is 109 Å². The highest BCUT2D eigenvalue weighted by atomic mass is 16.6. The summed E-state index contributed by atoms with van der Waals surface area (Å²) in [6, 6.07) is -1.09. The van der Waals surface area contributed by atoms with Crippen LogP contribution in [-0.2, 0) is 33.3 Å². The molecule has 0 spiro atoms. The van der Waals surface area contributed by atoms with Gasteiger partial charge in [-0.15, -0.1) is 0 Å². The smallest absolute Gasteiger partial charge is 0.408 e. The number of aliphatic hydroxyl groups excluding tert-OH is 1. The summed E-state index contributed by atoms with van der Waals surface area (Å²) in [5.41, 5.74) is -3.02. The Morgan fingerprint density at radius 2 is 1.59 bits per heavy atom. The van der Waals surface area contributed by atoms with Crippen LogP contribution in [0, 0.1) is 17.8 Å². The number of aliphatic hydroxyl groups is 1. The number of rotatable bonds is 12. The molecule has 2 fully saturated rings. The summed E-state index contributed by atoms with van der Waals surface area (Å²) in [7, 11) is 1.26. The van der Waals surface area contributed by atoms with Gasteiger partial charge in [0.05, 0.1) is 19.8 Å². The quantitative estimate of drug-likeness (QED) is 0.151. The lowest BCUT2D eigenvalue weighted by Gasteiger charge is -2.33. The number of hydrogen-bond donors (Lipinski definition) is 4. The molecule has 0 aromatic carbocycles. The number of carbonyl (C=O) groups excluding carboxylic acids is 5. The number of ether oxygens (including phenoxy) is 4. The van der Waals surface area contributed by atoms with Crippen LogP contribution in [0.5, 0.6) is 0 Å². The third-order valence-electron chi connectivity index (χ3n) is 6.99. The van der Waals surface area contributed by atoms with Crippen LogP contribution in [-0.4, -0.2) is 84.3 Å². The van der Waals surface area contributed by atoms with Crippen LogP contribution in [0.1, 0.15) is 80.6 Å². The van der Waals surface area contributed by atoms with E-state index in [4.69, 9.17) is 18.9 Å². The van der Waals surface area contributed by atoms with Gasteiger partial charge in [0.15, 0.2) is 0 Å². The lowest BCUT2D eigenvalue weighted by Crippen LogP contribution is -2.61. The van der Waals surface area contributed by atoms with Gasteiger partial charge in [-0.05, 0) is 79.6 Å². The molecule has 0 aliphatic heterocycles. The maximum Gasteiger partial charge on any atom is 0.408 e. The molecule has 0 aromatic rings. The Hall–Kier alpha value is -3.09. The molecule has 13 nitrogen and oxygen atoms in total. The number of methoxy groups -OCH3 is 1. The fourth-order valence-corrected chi connectivity index (χ4v) is 5.43. The van der Waals surface area contributed by atoms with Gasteiger partial charge in [-0.2, -0.15) is 0 Å². The van der Waals surface area contributed by atoms with Gasteiger partial charge in [-0.25, -0.2) is 14.4 Å². The predicted molar refractivity (Wildman–Crippen MR) is 146 cm³/mol.